The van der Waals surface area contributed by atoms with Crippen molar-refractivity contribution in [3.05, 3.63) is 39.9 Å². The third-order valence-corrected chi connectivity index (χ3v) is 7.40. The number of piperazine rings is 1. The summed E-state index contributed by atoms with van der Waals surface area (Å²) < 4.78 is 84.3. The van der Waals surface area contributed by atoms with Crippen molar-refractivity contribution in [2.45, 2.75) is 49.1 Å². The van der Waals surface area contributed by atoms with Gasteiger partial charge in [-0.25, -0.2) is 10.1 Å². The molecule has 2 aromatic heterocycles. The third kappa shape index (κ3) is 6.96. The van der Waals surface area contributed by atoms with Crippen molar-refractivity contribution in [2.75, 3.05) is 48.8 Å². The maximum absolute atomic E-state index is 13.2. The molecule has 2 aromatic rings. The first-order chi connectivity index (χ1) is 18.3. The lowest BCUT2D eigenvalue weighted by Crippen LogP contribution is -2.55. The highest BCUT2D eigenvalue weighted by Gasteiger charge is 2.38. The molecule has 2 aliphatic heterocycles. The zero-order valence-corrected chi connectivity index (χ0v) is 21.5. The topological polar surface area (TPSA) is 103 Å². The highest BCUT2D eigenvalue weighted by atomic mass is 32.2. The van der Waals surface area contributed by atoms with E-state index in [1.54, 1.807) is 16.9 Å². The number of aromatic amines is 1. The van der Waals surface area contributed by atoms with Crippen LogP contribution in [0.25, 0.3) is 0 Å². The fourth-order valence-electron chi connectivity index (χ4n) is 4.50. The van der Waals surface area contributed by atoms with E-state index in [0.29, 0.717) is 42.5 Å². The van der Waals surface area contributed by atoms with Gasteiger partial charge in [-0.2, -0.15) is 31.4 Å². The van der Waals surface area contributed by atoms with Crippen LogP contribution in [0, 0.1) is 0 Å². The van der Waals surface area contributed by atoms with Crippen LogP contribution in [0.15, 0.2) is 28.2 Å². The summed E-state index contributed by atoms with van der Waals surface area (Å²) in [5, 5.41) is 7.73. The maximum atomic E-state index is 13.2. The Bertz CT molecular complexity index is 1240. The number of alkyl halides is 6. The van der Waals surface area contributed by atoms with Crippen LogP contribution in [0.1, 0.15) is 30.9 Å². The number of H-pyrrole nitrogens is 1. The number of rotatable bonds is 7. The Kier molecular flexibility index (Phi) is 8.63. The molecule has 0 bridgehead atoms. The van der Waals surface area contributed by atoms with Gasteiger partial charge in [-0.1, -0.05) is 0 Å². The van der Waals surface area contributed by atoms with E-state index in [-0.39, 0.29) is 31.6 Å². The number of halogens is 6. The van der Waals surface area contributed by atoms with E-state index in [1.807, 2.05) is 4.90 Å². The van der Waals surface area contributed by atoms with Crippen molar-refractivity contribution in [2.24, 2.45) is 0 Å². The number of aromatic nitrogens is 3. The van der Waals surface area contributed by atoms with Gasteiger partial charge in [0.2, 0.25) is 5.91 Å². The minimum Gasteiger partial charge on any atom is -0.379 e. The molecule has 39 heavy (non-hydrogen) atoms. The number of fused-ring (bicyclic) bond motifs is 3. The molecule has 0 spiro atoms. The van der Waals surface area contributed by atoms with Crippen LogP contribution in [-0.2, 0) is 21.9 Å². The highest BCUT2D eigenvalue weighted by Crippen LogP contribution is 2.39. The minimum atomic E-state index is -4.87. The summed E-state index contributed by atoms with van der Waals surface area (Å²) in [5.41, 5.74) is -4.00. The summed E-state index contributed by atoms with van der Waals surface area (Å²) in [6.45, 7) is 2.78. The number of nitrogens with one attached hydrogen (secondary N) is 2. The van der Waals surface area contributed by atoms with Gasteiger partial charge < -0.3 is 19.9 Å². The first-order valence-corrected chi connectivity index (χ1v) is 13.1. The molecular formula is C23H26F6N6O3S. The number of nitrogens with zero attached hydrogens (tertiary/aromatic N) is 4. The Labute approximate surface area is 223 Å². The highest BCUT2D eigenvalue weighted by molar-refractivity contribution is 7.99. The summed E-state index contributed by atoms with van der Waals surface area (Å²) in [7, 11) is 0. The van der Waals surface area contributed by atoms with Gasteiger partial charge in [0.1, 0.15) is 11.4 Å². The molecule has 1 amide bonds. The van der Waals surface area contributed by atoms with Gasteiger partial charge in [0.25, 0.3) is 5.56 Å². The average Bonchev–Trinajstić information content (AvgIpc) is 3.03. The Hall–Kier alpha value is -3.01. The molecule has 0 saturated carbocycles. The number of carbonyl (C=O) groups excluding carboxylic acids is 1. The van der Waals surface area contributed by atoms with Crippen LogP contribution in [0.5, 0.6) is 0 Å². The lowest BCUT2D eigenvalue weighted by molar-refractivity contribution is -0.138. The van der Waals surface area contributed by atoms with E-state index in [0.717, 1.165) is 18.5 Å². The molecule has 214 valence electrons. The number of thioether (sulfide) groups is 1. The van der Waals surface area contributed by atoms with Crippen LogP contribution in [0.3, 0.4) is 0 Å². The van der Waals surface area contributed by atoms with Crippen LogP contribution >= 0.6 is 11.8 Å². The summed E-state index contributed by atoms with van der Waals surface area (Å²) >= 11 is 1.32. The lowest BCUT2D eigenvalue weighted by Gasteiger charge is -2.41. The quantitative estimate of drug-likeness (QED) is 0.378. The standard InChI is InChI=1S/C23H26F6N6O3S/c1-13(32-16-10-31-33-21(37)19(16)23(27,28)29)12-38-6-2-18(36)34-4-5-35-15(11-34)3-7-39-17-8-14(22(24,25)26)9-30-20(17)35/h8-10,13,15H,2-7,11-12H2,1H3,(H2,32,33,37)/t13-,15-/m0/s1. The fraction of sp³-hybridized carbons (Fsp3) is 0.565. The van der Waals surface area contributed by atoms with Crippen molar-refractivity contribution < 1.29 is 35.9 Å². The van der Waals surface area contributed by atoms with Crippen LogP contribution < -0.4 is 15.8 Å². The predicted octanol–water partition coefficient (Wildman–Crippen LogP) is 3.62. The van der Waals surface area contributed by atoms with Crippen LogP contribution in [0.2, 0.25) is 0 Å². The Morgan fingerprint density at radius 1 is 1.23 bits per heavy atom. The molecular weight excluding hydrogens is 554 g/mol. The Morgan fingerprint density at radius 3 is 2.72 bits per heavy atom. The molecule has 2 atom stereocenters. The number of hydrogen-bond acceptors (Lipinski definition) is 8. The molecule has 2 aliphatic rings. The first-order valence-electron chi connectivity index (χ1n) is 12.1. The molecule has 1 saturated heterocycles. The molecule has 0 radical (unpaired) electrons. The van der Waals surface area contributed by atoms with Gasteiger partial charge in [-0.3, -0.25) is 9.59 Å². The molecule has 2 N–H and O–H groups in total. The smallest absolute Gasteiger partial charge is 0.379 e. The zero-order valence-electron chi connectivity index (χ0n) is 20.7. The number of ether oxygens (including phenoxy) is 1. The molecule has 0 aromatic carbocycles. The molecule has 16 heteroatoms. The SMILES string of the molecule is C[C@@H](COCCC(=O)N1CCN2c3ncc(C(F)(F)F)cc3SCC[C@H]2C1)Nc1cn[nH]c(=O)c1C(F)(F)F. The summed E-state index contributed by atoms with van der Waals surface area (Å²) in [6.07, 6.45) is -6.90. The van der Waals surface area contributed by atoms with Gasteiger partial charge in [-0.05, 0) is 19.4 Å². The maximum Gasteiger partial charge on any atom is 0.423 e. The van der Waals surface area contributed by atoms with Crippen molar-refractivity contribution in [3.63, 3.8) is 0 Å². The molecule has 1 fully saturated rings. The van der Waals surface area contributed by atoms with Gasteiger partial charge in [0.05, 0.1) is 42.0 Å². The van der Waals surface area contributed by atoms with Crippen molar-refractivity contribution in [1.29, 1.82) is 0 Å². The van der Waals surface area contributed by atoms with Crippen LogP contribution in [0.4, 0.5) is 37.8 Å². The lowest BCUT2D eigenvalue weighted by atomic mass is 10.1. The van der Waals surface area contributed by atoms with Crippen LogP contribution in [-0.4, -0.2) is 76.7 Å². The first kappa shape index (κ1) is 29.0. The molecule has 0 aliphatic carbocycles. The van der Waals surface area contributed by atoms with E-state index in [9.17, 15) is 35.9 Å². The van der Waals surface area contributed by atoms with Gasteiger partial charge >= 0.3 is 12.4 Å². The summed E-state index contributed by atoms with van der Waals surface area (Å²) in [5.74, 6) is 0.925. The Balaban J connectivity index is 1.26. The monoisotopic (exact) mass is 580 g/mol. The average molecular weight is 581 g/mol. The second kappa shape index (κ2) is 11.6. The van der Waals surface area contributed by atoms with Gasteiger partial charge in [0, 0.05) is 43.7 Å². The van der Waals surface area contributed by atoms with Crippen molar-refractivity contribution in [1.82, 2.24) is 20.1 Å². The minimum absolute atomic E-state index is 0.0205. The summed E-state index contributed by atoms with van der Waals surface area (Å²) in [6, 6.07) is 0.426. The number of pyridine rings is 1. The van der Waals surface area contributed by atoms with E-state index in [4.69, 9.17) is 4.74 Å². The number of carbonyl (C=O) groups is 1. The second-order valence-electron chi connectivity index (χ2n) is 9.22. The van der Waals surface area contributed by atoms with E-state index < -0.39 is 40.8 Å². The van der Waals surface area contributed by atoms with Crippen molar-refractivity contribution in [3.8, 4) is 0 Å². The summed E-state index contributed by atoms with van der Waals surface area (Å²) in [4.78, 5) is 32.6. The van der Waals surface area contributed by atoms with Gasteiger partial charge in [0.15, 0.2) is 0 Å². The molecule has 9 nitrogen and oxygen atoms in total. The largest absolute Gasteiger partial charge is 0.423 e. The van der Waals surface area contributed by atoms with E-state index >= 15 is 0 Å². The third-order valence-electron chi connectivity index (χ3n) is 6.35. The van der Waals surface area contributed by atoms with Gasteiger partial charge in [-0.15, -0.1) is 11.8 Å². The number of anilines is 2. The fourth-order valence-corrected chi connectivity index (χ4v) is 5.62. The predicted molar refractivity (Wildman–Crippen MR) is 131 cm³/mol. The number of amides is 1. The molecule has 0 unspecified atom stereocenters. The van der Waals surface area contributed by atoms with E-state index in [1.165, 1.54) is 11.8 Å². The normalized spacial score (nSPS) is 18.7. The zero-order chi connectivity index (χ0) is 28.4. The second-order valence-corrected chi connectivity index (χ2v) is 10.4. The van der Waals surface area contributed by atoms with E-state index in [2.05, 4.69) is 15.4 Å². The molecule has 4 rings (SSSR count). The molecule has 4 heterocycles. The Morgan fingerprint density at radius 2 is 2.00 bits per heavy atom. The van der Waals surface area contributed by atoms with Crippen molar-refractivity contribution >= 4 is 29.2 Å². The number of hydrogen-bond donors (Lipinski definition) is 2.